The van der Waals surface area contributed by atoms with Gasteiger partial charge in [-0.2, -0.15) is 4.72 Å². The summed E-state index contributed by atoms with van der Waals surface area (Å²) in [5, 5.41) is 0. The molecule has 3 rings (SSSR count). The number of carbonyl (C=O) groups is 1. The molecule has 0 bridgehead atoms. The van der Waals surface area contributed by atoms with Crippen molar-refractivity contribution in [1.82, 2.24) is 4.72 Å². The van der Waals surface area contributed by atoms with Gasteiger partial charge in [0.2, 0.25) is 15.9 Å². The van der Waals surface area contributed by atoms with Gasteiger partial charge in [0.25, 0.3) is 0 Å². The number of aryl methyl sites for hydroxylation is 1. The number of sulfonamides is 1. The summed E-state index contributed by atoms with van der Waals surface area (Å²) in [6.45, 7) is 6.15. The zero-order valence-electron chi connectivity index (χ0n) is 14.6. The largest absolute Gasteiger partial charge is 0.310 e. The SMILES string of the molecule is Cc1ccc(S(=O)(=O)N[C@@H]2C(=O)N(c3ccccc3)CC2(C)C)cc1. The molecule has 1 aliphatic rings. The van der Waals surface area contributed by atoms with Gasteiger partial charge in [0.15, 0.2) is 0 Å². The van der Waals surface area contributed by atoms with Crippen LogP contribution >= 0.6 is 0 Å². The summed E-state index contributed by atoms with van der Waals surface area (Å²) in [7, 11) is -3.77. The Bertz CT molecular complexity index is 875. The predicted octanol–water partition coefficient (Wildman–Crippen LogP) is 2.71. The highest BCUT2D eigenvalue weighted by Crippen LogP contribution is 2.34. The van der Waals surface area contributed by atoms with Gasteiger partial charge in [-0.05, 0) is 31.2 Å². The van der Waals surface area contributed by atoms with Crippen LogP contribution in [-0.4, -0.2) is 26.9 Å². The number of amides is 1. The fraction of sp³-hybridized carbons (Fsp3) is 0.316. The van der Waals surface area contributed by atoms with E-state index in [-0.39, 0.29) is 10.8 Å². The molecule has 132 valence electrons. The van der Waals surface area contributed by atoms with E-state index in [0.29, 0.717) is 6.54 Å². The van der Waals surface area contributed by atoms with Crippen LogP contribution in [-0.2, 0) is 14.8 Å². The summed E-state index contributed by atoms with van der Waals surface area (Å²) in [4.78, 5) is 14.7. The zero-order chi connectivity index (χ0) is 18.2. The predicted molar refractivity (Wildman–Crippen MR) is 97.9 cm³/mol. The lowest BCUT2D eigenvalue weighted by molar-refractivity contribution is -0.119. The summed E-state index contributed by atoms with van der Waals surface area (Å²) < 4.78 is 28.0. The van der Waals surface area contributed by atoms with Crippen molar-refractivity contribution in [2.75, 3.05) is 11.4 Å². The third kappa shape index (κ3) is 3.45. The number of nitrogens with one attached hydrogen (secondary N) is 1. The van der Waals surface area contributed by atoms with Crippen molar-refractivity contribution in [3.63, 3.8) is 0 Å². The molecule has 1 saturated heterocycles. The molecule has 1 atom stereocenters. The van der Waals surface area contributed by atoms with E-state index in [1.807, 2.05) is 51.1 Å². The highest BCUT2D eigenvalue weighted by Gasteiger charge is 2.48. The van der Waals surface area contributed by atoms with Crippen LogP contribution in [0.4, 0.5) is 5.69 Å². The van der Waals surface area contributed by atoms with Crippen molar-refractivity contribution in [1.29, 1.82) is 0 Å². The molecule has 1 heterocycles. The molecule has 0 unspecified atom stereocenters. The summed E-state index contributed by atoms with van der Waals surface area (Å²) >= 11 is 0. The summed E-state index contributed by atoms with van der Waals surface area (Å²) in [5.74, 6) is -0.230. The fourth-order valence-electron chi connectivity index (χ4n) is 3.04. The number of hydrogen-bond acceptors (Lipinski definition) is 3. The maximum Gasteiger partial charge on any atom is 0.245 e. The van der Waals surface area contributed by atoms with Crippen LogP contribution in [0.15, 0.2) is 59.5 Å². The van der Waals surface area contributed by atoms with Gasteiger partial charge in [-0.3, -0.25) is 4.79 Å². The molecule has 0 radical (unpaired) electrons. The third-order valence-corrected chi connectivity index (χ3v) is 5.97. The minimum absolute atomic E-state index is 0.167. The van der Waals surface area contributed by atoms with Gasteiger partial charge in [0, 0.05) is 17.6 Å². The van der Waals surface area contributed by atoms with E-state index in [1.165, 1.54) is 0 Å². The fourth-order valence-corrected chi connectivity index (χ4v) is 4.40. The van der Waals surface area contributed by atoms with Gasteiger partial charge in [0.1, 0.15) is 6.04 Å². The highest BCUT2D eigenvalue weighted by molar-refractivity contribution is 7.89. The second-order valence-electron chi connectivity index (χ2n) is 7.12. The van der Waals surface area contributed by atoms with Crippen molar-refractivity contribution in [3.8, 4) is 0 Å². The first-order chi connectivity index (χ1) is 11.7. The first-order valence-corrected chi connectivity index (χ1v) is 9.64. The molecular weight excluding hydrogens is 336 g/mol. The van der Waals surface area contributed by atoms with Crippen LogP contribution in [0.5, 0.6) is 0 Å². The van der Waals surface area contributed by atoms with Crippen molar-refractivity contribution in [2.24, 2.45) is 5.41 Å². The van der Waals surface area contributed by atoms with E-state index in [9.17, 15) is 13.2 Å². The number of hydrogen-bond donors (Lipinski definition) is 1. The molecule has 0 aromatic heterocycles. The maximum absolute atomic E-state index is 12.9. The number of para-hydroxylation sites is 1. The van der Waals surface area contributed by atoms with E-state index in [0.717, 1.165) is 11.3 Å². The van der Waals surface area contributed by atoms with Crippen LogP contribution in [0.2, 0.25) is 0 Å². The lowest BCUT2D eigenvalue weighted by atomic mass is 9.88. The Morgan fingerprint density at radius 2 is 1.64 bits per heavy atom. The number of benzene rings is 2. The van der Waals surface area contributed by atoms with Gasteiger partial charge < -0.3 is 4.90 Å². The quantitative estimate of drug-likeness (QED) is 0.914. The van der Waals surface area contributed by atoms with Crippen molar-refractivity contribution in [2.45, 2.75) is 31.7 Å². The van der Waals surface area contributed by atoms with Crippen molar-refractivity contribution < 1.29 is 13.2 Å². The Morgan fingerprint density at radius 3 is 2.24 bits per heavy atom. The van der Waals surface area contributed by atoms with E-state index in [2.05, 4.69) is 4.72 Å². The Hall–Kier alpha value is -2.18. The monoisotopic (exact) mass is 358 g/mol. The second kappa shape index (κ2) is 6.28. The first-order valence-electron chi connectivity index (χ1n) is 8.16. The van der Waals surface area contributed by atoms with Crippen LogP contribution in [0.25, 0.3) is 0 Å². The summed E-state index contributed by atoms with van der Waals surface area (Å²) in [6, 6.07) is 15.1. The lowest BCUT2D eigenvalue weighted by Crippen LogP contribution is -2.47. The molecule has 5 nitrogen and oxygen atoms in total. The van der Waals surface area contributed by atoms with Crippen LogP contribution in [0.3, 0.4) is 0 Å². The third-order valence-electron chi connectivity index (χ3n) is 4.53. The Balaban J connectivity index is 1.89. The van der Waals surface area contributed by atoms with Crippen LogP contribution < -0.4 is 9.62 Å². The normalized spacial score (nSPS) is 20.0. The molecule has 6 heteroatoms. The highest BCUT2D eigenvalue weighted by atomic mass is 32.2. The number of anilines is 1. The van der Waals surface area contributed by atoms with Crippen LogP contribution in [0.1, 0.15) is 19.4 Å². The summed E-state index contributed by atoms with van der Waals surface area (Å²) in [5.41, 5.74) is 1.23. The molecule has 1 aliphatic heterocycles. The number of nitrogens with zero attached hydrogens (tertiary/aromatic N) is 1. The molecule has 2 aromatic rings. The van der Waals surface area contributed by atoms with Gasteiger partial charge >= 0.3 is 0 Å². The molecule has 1 amide bonds. The molecule has 0 aliphatic carbocycles. The zero-order valence-corrected chi connectivity index (χ0v) is 15.4. The lowest BCUT2D eigenvalue weighted by Gasteiger charge is -2.24. The molecule has 0 spiro atoms. The van der Waals surface area contributed by atoms with Crippen molar-refractivity contribution in [3.05, 3.63) is 60.2 Å². The van der Waals surface area contributed by atoms with Crippen molar-refractivity contribution >= 4 is 21.6 Å². The van der Waals surface area contributed by atoms with Gasteiger partial charge in [0.05, 0.1) is 4.90 Å². The summed E-state index contributed by atoms with van der Waals surface area (Å²) in [6.07, 6.45) is 0. The first kappa shape index (κ1) is 17.6. The smallest absolute Gasteiger partial charge is 0.245 e. The number of carbonyl (C=O) groups excluding carboxylic acids is 1. The van der Waals surface area contributed by atoms with Gasteiger partial charge in [-0.25, -0.2) is 8.42 Å². The van der Waals surface area contributed by atoms with E-state index >= 15 is 0 Å². The van der Waals surface area contributed by atoms with E-state index in [4.69, 9.17) is 0 Å². The second-order valence-corrected chi connectivity index (χ2v) is 8.83. The minimum atomic E-state index is -3.77. The average Bonchev–Trinajstić information content (AvgIpc) is 2.79. The van der Waals surface area contributed by atoms with Gasteiger partial charge in [-0.15, -0.1) is 0 Å². The molecule has 1 fully saturated rings. The Morgan fingerprint density at radius 1 is 1.04 bits per heavy atom. The van der Waals surface area contributed by atoms with Crippen LogP contribution in [0, 0.1) is 12.3 Å². The van der Waals surface area contributed by atoms with E-state index < -0.39 is 21.5 Å². The van der Waals surface area contributed by atoms with E-state index in [1.54, 1.807) is 29.2 Å². The minimum Gasteiger partial charge on any atom is -0.310 e. The Kier molecular flexibility index (Phi) is 4.43. The standard InChI is InChI=1S/C19H22N2O3S/c1-14-9-11-16(12-10-14)25(23,24)20-17-18(22)21(13-19(17,2)3)15-7-5-4-6-8-15/h4-12,17,20H,13H2,1-3H3/t17-/m1/s1. The molecule has 2 aromatic carbocycles. The molecule has 1 N–H and O–H groups in total. The Labute approximate surface area is 148 Å². The average molecular weight is 358 g/mol. The molecular formula is C19H22N2O3S. The maximum atomic E-state index is 12.9. The molecule has 25 heavy (non-hydrogen) atoms. The topological polar surface area (TPSA) is 66.5 Å². The molecule has 0 saturated carbocycles. The van der Waals surface area contributed by atoms with Gasteiger partial charge in [-0.1, -0.05) is 49.7 Å². The number of rotatable bonds is 4.